The minimum absolute atomic E-state index is 0.0256. The second-order valence-corrected chi connectivity index (χ2v) is 13.6. The molecule has 7 nitrogen and oxygen atoms in total. The maximum atomic E-state index is 15.6. The summed E-state index contributed by atoms with van der Waals surface area (Å²) in [6.07, 6.45) is 5.47. The summed E-state index contributed by atoms with van der Waals surface area (Å²) >= 11 is 0. The third kappa shape index (κ3) is 4.06. The number of benzene rings is 2. The number of carbonyl (C=O) groups is 2. The third-order valence-electron chi connectivity index (χ3n) is 11.5. The number of ketones is 2. The number of halogens is 1. The molecule has 0 amide bonds. The van der Waals surface area contributed by atoms with Gasteiger partial charge in [-0.05, 0) is 85.4 Å². The molecule has 7 rings (SSSR count). The minimum atomic E-state index is -1.52. The van der Waals surface area contributed by atoms with Crippen LogP contribution in [0.15, 0.2) is 66.3 Å². The maximum absolute atomic E-state index is 15.6. The van der Waals surface area contributed by atoms with Crippen LogP contribution in [0, 0.1) is 34.4 Å². The fourth-order valence-corrected chi connectivity index (χ4v) is 9.57. The van der Waals surface area contributed by atoms with Gasteiger partial charge in [-0.1, -0.05) is 49.8 Å². The second-order valence-electron chi connectivity index (χ2n) is 13.6. The van der Waals surface area contributed by atoms with Gasteiger partial charge in [-0.3, -0.25) is 9.59 Å². The highest BCUT2D eigenvalue weighted by Gasteiger charge is 2.76. The Hall–Kier alpha value is -3.17. The van der Waals surface area contributed by atoms with E-state index in [4.69, 9.17) is 15.2 Å². The van der Waals surface area contributed by atoms with Gasteiger partial charge in [0.2, 0.25) is 0 Å². The van der Waals surface area contributed by atoms with E-state index in [1.54, 1.807) is 18.2 Å². The first kappa shape index (κ1) is 28.6. The van der Waals surface area contributed by atoms with Crippen molar-refractivity contribution in [1.29, 1.82) is 0 Å². The van der Waals surface area contributed by atoms with Crippen LogP contribution in [0.5, 0.6) is 0 Å². The second kappa shape index (κ2) is 9.92. The number of hydrogen-bond donors (Lipinski definition) is 3. The normalized spacial score (nSPS) is 39.5. The molecule has 1 saturated heterocycles. The summed E-state index contributed by atoms with van der Waals surface area (Å²) < 4.78 is 28.6. The summed E-state index contributed by atoms with van der Waals surface area (Å²) in [5, 5.41) is 22.0. The molecule has 226 valence electrons. The fraction of sp³-hybridized carbons (Fsp3) is 0.486. The number of fused-ring (bicyclic) bond motifs is 7. The average molecular weight is 588 g/mol. The molecule has 4 N–H and O–H groups in total. The number of aliphatic hydroxyl groups is 2. The van der Waals surface area contributed by atoms with Crippen molar-refractivity contribution >= 4 is 17.3 Å². The van der Waals surface area contributed by atoms with Gasteiger partial charge in [0.25, 0.3) is 0 Å². The van der Waals surface area contributed by atoms with Crippen molar-refractivity contribution in [3.63, 3.8) is 0 Å². The van der Waals surface area contributed by atoms with Crippen LogP contribution in [0.2, 0.25) is 0 Å². The molecule has 8 heteroatoms. The van der Waals surface area contributed by atoms with E-state index in [2.05, 4.69) is 6.92 Å². The predicted molar refractivity (Wildman–Crippen MR) is 157 cm³/mol. The Labute approximate surface area is 250 Å². The number of Topliss-reactive ketones (excluding diaryl/α,β-unsaturated/α-hetero) is 1. The lowest BCUT2D eigenvalue weighted by atomic mass is 9.46. The van der Waals surface area contributed by atoms with Gasteiger partial charge in [-0.15, -0.1) is 0 Å². The molecule has 0 radical (unpaired) electrons. The Bertz CT molecular complexity index is 1550. The van der Waals surface area contributed by atoms with Crippen molar-refractivity contribution in [3.05, 3.63) is 88.8 Å². The number of nitrogen functional groups attached to an aromatic ring is 1. The van der Waals surface area contributed by atoms with Gasteiger partial charge in [0.1, 0.15) is 12.4 Å². The van der Waals surface area contributed by atoms with Gasteiger partial charge < -0.3 is 25.4 Å². The van der Waals surface area contributed by atoms with E-state index < -0.39 is 53.1 Å². The van der Waals surface area contributed by atoms with Crippen LogP contribution in [0.4, 0.5) is 10.1 Å². The van der Waals surface area contributed by atoms with Gasteiger partial charge in [-0.2, -0.15) is 0 Å². The Kier molecular flexibility index (Phi) is 6.60. The first-order valence-electron chi connectivity index (χ1n) is 15.2. The average Bonchev–Trinajstić information content (AvgIpc) is 3.47. The molecule has 4 fully saturated rings. The van der Waals surface area contributed by atoms with E-state index in [1.165, 1.54) is 6.07 Å². The number of anilines is 1. The van der Waals surface area contributed by atoms with Crippen LogP contribution in [0.3, 0.4) is 0 Å². The standard InChI is InChI=1S/C35H38FNO6/c1-33-12-11-23(39)15-21(33)6-10-24-26-16-30-35(29(41)18-38,34(26,2)17-28(40)31(24)33)43-32(42-30)25-9-5-20(14-27(25)36)13-19-3-7-22(37)8-4-19/h3-5,7-9,11-12,14-15,24,26,28,30-32,38,40H,6,10,13,16-18,37H2,1-2H3/t24-,26-,28-,30+,31+,32-,33-,34-,35+/m0/s1. The molecule has 43 heavy (non-hydrogen) atoms. The maximum Gasteiger partial charge on any atom is 0.193 e. The number of allylic oxidation sites excluding steroid dienone is 4. The summed E-state index contributed by atoms with van der Waals surface area (Å²) in [6, 6.07) is 12.4. The Morgan fingerprint density at radius 1 is 1.14 bits per heavy atom. The summed E-state index contributed by atoms with van der Waals surface area (Å²) in [6.45, 7) is 3.32. The number of hydrogen-bond acceptors (Lipinski definition) is 7. The monoisotopic (exact) mass is 587 g/mol. The predicted octanol–water partition coefficient (Wildman–Crippen LogP) is 4.60. The summed E-state index contributed by atoms with van der Waals surface area (Å²) in [5.41, 5.74) is 6.65. The molecule has 0 unspecified atom stereocenters. The van der Waals surface area contributed by atoms with Crippen molar-refractivity contribution in [2.45, 2.75) is 70.1 Å². The first-order chi connectivity index (χ1) is 20.5. The van der Waals surface area contributed by atoms with Crippen LogP contribution in [0.25, 0.3) is 0 Å². The van der Waals surface area contributed by atoms with Crippen molar-refractivity contribution < 1.29 is 33.7 Å². The number of carbonyl (C=O) groups excluding carboxylic acids is 2. The lowest BCUT2D eigenvalue weighted by Gasteiger charge is -2.59. The smallest absolute Gasteiger partial charge is 0.193 e. The van der Waals surface area contributed by atoms with Crippen LogP contribution in [-0.2, 0) is 25.5 Å². The number of nitrogens with two attached hydrogens (primary N) is 1. The van der Waals surface area contributed by atoms with Gasteiger partial charge in [-0.25, -0.2) is 4.39 Å². The SMILES string of the molecule is C[C@]12C=CC(=O)C=C1CC[C@@H]1[C@@H]2[C@@H](O)C[C@@]2(C)[C@H]1C[C@H]1O[C@H](c3ccc(Cc4ccc(N)cc4)cc3F)O[C@]12C(=O)CO. The molecule has 3 saturated carbocycles. The van der Waals surface area contributed by atoms with E-state index in [0.29, 0.717) is 18.5 Å². The van der Waals surface area contributed by atoms with Crippen LogP contribution in [-0.4, -0.2) is 46.2 Å². The molecular formula is C35H38FNO6. The molecule has 2 aromatic rings. The quantitative estimate of drug-likeness (QED) is 0.438. The zero-order chi connectivity index (χ0) is 30.3. The molecule has 1 heterocycles. The molecule has 1 aliphatic heterocycles. The molecule has 5 aliphatic rings. The first-order valence-corrected chi connectivity index (χ1v) is 15.2. The van der Waals surface area contributed by atoms with Crippen molar-refractivity contribution in [2.75, 3.05) is 12.3 Å². The summed E-state index contributed by atoms with van der Waals surface area (Å²) in [5.74, 6) is -1.12. The Morgan fingerprint density at radius 3 is 2.60 bits per heavy atom. The van der Waals surface area contributed by atoms with E-state index >= 15 is 4.39 Å². The van der Waals surface area contributed by atoms with Gasteiger partial charge in [0, 0.05) is 28.0 Å². The lowest BCUT2D eigenvalue weighted by Crippen LogP contribution is -2.63. The topological polar surface area (TPSA) is 119 Å². The van der Waals surface area contributed by atoms with Crippen molar-refractivity contribution in [1.82, 2.24) is 0 Å². The molecule has 4 aliphatic carbocycles. The van der Waals surface area contributed by atoms with E-state index in [0.717, 1.165) is 29.5 Å². The van der Waals surface area contributed by atoms with Gasteiger partial charge in [0.05, 0.1) is 12.2 Å². The van der Waals surface area contributed by atoms with Crippen LogP contribution >= 0.6 is 0 Å². The molecule has 0 bridgehead atoms. The largest absolute Gasteiger partial charge is 0.399 e. The molecule has 2 aromatic carbocycles. The van der Waals surface area contributed by atoms with E-state index in [1.807, 2.05) is 43.3 Å². The lowest BCUT2D eigenvalue weighted by molar-refractivity contribution is -0.201. The Balaban J connectivity index is 1.19. The Morgan fingerprint density at radius 2 is 1.88 bits per heavy atom. The highest BCUT2D eigenvalue weighted by atomic mass is 19.1. The molecular weight excluding hydrogens is 549 g/mol. The zero-order valence-electron chi connectivity index (χ0n) is 24.5. The summed E-state index contributed by atoms with van der Waals surface area (Å²) in [7, 11) is 0. The van der Waals surface area contributed by atoms with Crippen LogP contribution < -0.4 is 5.73 Å². The molecule has 9 atom stereocenters. The zero-order valence-corrected chi connectivity index (χ0v) is 24.5. The molecule has 0 aromatic heterocycles. The number of rotatable bonds is 5. The highest BCUT2D eigenvalue weighted by molar-refractivity contribution is 6.01. The minimum Gasteiger partial charge on any atom is -0.399 e. The third-order valence-corrected chi connectivity index (χ3v) is 11.5. The summed E-state index contributed by atoms with van der Waals surface area (Å²) in [4.78, 5) is 25.9. The highest BCUT2D eigenvalue weighted by Crippen LogP contribution is 2.70. The van der Waals surface area contributed by atoms with Crippen molar-refractivity contribution in [3.8, 4) is 0 Å². The van der Waals surface area contributed by atoms with Crippen LogP contribution in [0.1, 0.15) is 62.5 Å². The molecule has 0 spiro atoms. The number of aliphatic hydroxyl groups excluding tert-OH is 2. The fourth-order valence-electron chi connectivity index (χ4n) is 9.57. The van der Waals surface area contributed by atoms with E-state index in [-0.39, 0.29) is 35.5 Å². The van der Waals surface area contributed by atoms with Crippen molar-refractivity contribution in [2.24, 2.45) is 28.6 Å². The van der Waals surface area contributed by atoms with Gasteiger partial charge in [0.15, 0.2) is 23.5 Å². The van der Waals surface area contributed by atoms with Gasteiger partial charge >= 0.3 is 0 Å². The number of ether oxygens (including phenoxy) is 2. The van der Waals surface area contributed by atoms with E-state index in [9.17, 15) is 19.8 Å².